The molecule has 7 heteroatoms. The van der Waals surface area contributed by atoms with Gasteiger partial charge in [-0.15, -0.1) is 0 Å². The Hall–Kier alpha value is -3.61. The molecule has 0 aliphatic carbocycles. The normalized spacial score (nSPS) is 10.2. The van der Waals surface area contributed by atoms with Gasteiger partial charge in [-0.05, 0) is 42.0 Å². The molecule has 134 valence electrons. The molecular formula is C19H19N3O4. The van der Waals surface area contributed by atoms with Crippen LogP contribution in [0.5, 0.6) is 11.5 Å². The number of hydrogen-bond acceptors (Lipinski definition) is 5. The summed E-state index contributed by atoms with van der Waals surface area (Å²) in [4.78, 5) is 23.6. The standard InChI is InChI=1S/C19H19N3O4/c1-3-11-26-16-9-7-14(8-10-16)13-20-22-19(24)18(23)21-15-5-4-6-17(12-15)25-2/h3-10,12-13H,1,11H2,2H3,(H,21,23)(H,22,24)/b20-13-. The Morgan fingerprint density at radius 2 is 1.88 bits per heavy atom. The van der Waals surface area contributed by atoms with E-state index in [2.05, 4.69) is 22.4 Å². The van der Waals surface area contributed by atoms with E-state index in [1.807, 2.05) is 0 Å². The van der Waals surface area contributed by atoms with Crippen molar-refractivity contribution in [3.05, 3.63) is 66.7 Å². The van der Waals surface area contributed by atoms with Crippen molar-refractivity contribution in [3.8, 4) is 11.5 Å². The number of benzene rings is 2. The molecule has 0 aromatic heterocycles. The largest absolute Gasteiger partial charge is 0.497 e. The molecule has 0 bridgehead atoms. The van der Waals surface area contributed by atoms with Crippen molar-refractivity contribution in [1.29, 1.82) is 0 Å². The lowest BCUT2D eigenvalue weighted by atomic mass is 10.2. The van der Waals surface area contributed by atoms with Crippen LogP contribution in [0.3, 0.4) is 0 Å². The lowest BCUT2D eigenvalue weighted by Crippen LogP contribution is -2.32. The van der Waals surface area contributed by atoms with Crippen LogP contribution in [0.4, 0.5) is 5.69 Å². The van der Waals surface area contributed by atoms with Gasteiger partial charge in [-0.1, -0.05) is 18.7 Å². The summed E-state index contributed by atoms with van der Waals surface area (Å²) < 4.78 is 10.4. The average molecular weight is 353 g/mol. The van der Waals surface area contributed by atoms with Crippen LogP contribution in [0.25, 0.3) is 0 Å². The van der Waals surface area contributed by atoms with E-state index in [1.54, 1.807) is 54.6 Å². The minimum atomic E-state index is -0.880. The molecule has 2 aromatic carbocycles. The van der Waals surface area contributed by atoms with Gasteiger partial charge in [-0.3, -0.25) is 9.59 Å². The SMILES string of the molecule is C=CCOc1ccc(/C=N\NC(=O)C(=O)Nc2cccc(OC)c2)cc1. The minimum absolute atomic E-state index is 0.423. The second-order valence-corrected chi connectivity index (χ2v) is 5.05. The Morgan fingerprint density at radius 1 is 1.12 bits per heavy atom. The fraction of sp³-hybridized carbons (Fsp3) is 0.105. The number of carbonyl (C=O) groups is 2. The molecule has 0 spiro atoms. The molecule has 0 aliphatic rings. The summed E-state index contributed by atoms with van der Waals surface area (Å²) in [5.41, 5.74) is 3.36. The first-order chi connectivity index (χ1) is 12.6. The van der Waals surface area contributed by atoms with E-state index in [9.17, 15) is 9.59 Å². The first-order valence-corrected chi connectivity index (χ1v) is 7.74. The minimum Gasteiger partial charge on any atom is -0.497 e. The Labute approximate surface area is 151 Å². The van der Waals surface area contributed by atoms with Gasteiger partial charge in [-0.25, -0.2) is 5.43 Å². The molecule has 0 atom stereocenters. The number of hydrazone groups is 1. The number of rotatable bonds is 7. The van der Waals surface area contributed by atoms with Gasteiger partial charge < -0.3 is 14.8 Å². The van der Waals surface area contributed by atoms with Crippen LogP contribution >= 0.6 is 0 Å². The molecule has 2 amide bonds. The molecule has 0 unspecified atom stereocenters. The van der Waals surface area contributed by atoms with E-state index in [4.69, 9.17) is 9.47 Å². The van der Waals surface area contributed by atoms with Crippen LogP contribution in [0.2, 0.25) is 0 Å². The van der Waals surface area contributed by atoms with Crippen molar-refractivity contribution in [1.82, 2.24) is 5.43 Å². The van der Waals surface area contributed by atoms with E-state index < -0.39 is 11.8 Å². The van der Waals surface area contributed by atoms with Crippen LogP contribution in [-0.4, -0.2) is 31.7 Å². The predicted octanol–water partition coefficient (Wildman–Crippen LogP) is 2.35. The zero-order chi connectivity index (χ0) is 18.8. The van der Waals surface area contributed by atoms with Crippen molar-refractivity contribution in [2.24, 2.45) is 5.10 Å². The summed E-state index contributed by atoms with van der Waals surface area (Å²) in [6.45, 7) is 4.00. The second kappa shape index (κ2) is 9.63. The van der Waals surface area contributed by atoms with Gasteiger partial charge in [0.15, 0.2) is 0 Å². The Morgan fingerprint density at radius 3 is 2.58 bits per heavy atom. The molecule has 2 rings (SSSR count). The predicted molar refractivity (Wildman–Crippen MR) is 99.5 cm³/mol. The maximum atomic E-state index is 11.8. The number of nitrogens with zero attached hydrogens (tertiary/aromatic N) is 1. The molecule has 0 heterocycles. The van der Waals surface area contributed by atoms with E-state index in [1.165, 1.54) is 13.3 Å². The van der Waals surface area contributed by atoms with Gasteiger partial charge in [0.1, 0.15) is 18.1 Å². The molecule has 26 heavy (non-hydrogen) atoms. The fourth-order valence-electron chi connectivity index (χ4n) is 1.91. The molecule has 2 aromatic rings. The lowest BCUT2D eigenvalue weighted by molar-refractivity contribution is -0.136. The van der Waals surface area contributed by atoms with Crippen LogP contribution in [0.15, 0.2) is 66.3 Å². The summed E-state index contributed by atoms with van der Waals surface area (Å²) in [6.07, 6.45) is 3.08. The summed E-state index contributed by atoms with van der Waals surface area (Å²) in [6, 6.07) is 13.7. The maximum Gasteiger partial charge on any atom is 0.329 e. The molecule has 7 nitrogen and oxygen atoms in total. The first-order valence-electron chi connectivity index (χ1n) is 7.74. The van der Waals surface area contributed by atoms with Crippen molar-refractivity contribution in [2.45, 2.75) is 0 Å². The molecule has 0 saturated heterocycles. The topological polar surface area (TPSA) is 89.0 Å². The number of hydrogen-bond donors (Lipinski definition) is 2. The quantitative estimate of drug-likeness (QED) is 0.346. The number of ether oxygens (including phenoxy) is 2. The fourth-order valence-corrected chi connectivity index (χ4v) is 1.91. The van der Waals surface area contributed by atoms with E-state index in [-0.39, 0.29) is 0 Å². The van der Waals surface area contributed by atoms with Crippen LogP contribution < -0.4 is 20.2 Å². The van der Waals surface area contributed by atoms with Crippen molar-refractivity contribution in [2.75, 3.05) is 19.0 Å². The van der Waals surface area contributed by atoms with E-state index >= 15 is 0 Å². The third kappa shape index (κ3) is 5.79. The van der Waals surface area contributed by atoms with E-state index in [0.717, 1.165) is 5.56 Å². The zero-order valence-corrected chi connectivity index (χ0v) is 14.3. The smallest absolute Gasteiger partial charge is 0.329 e. The Balaban J connectivity index is 1.85. The highest BCUT2D eigenvalue weighted by Gasteiger charge is 2.13. The monoisotopic (exact) mass is 353 g/mol. The third-order valence-electron chi connectivity index (χ3n) is 3.16. The average Bonchev–Trinajstić information content (AvgIpc) is 2.67. The van der Waals surface area contributed by atoms with Gasteiger partial charge in [0.25, 0.3) is 0 Å². The van der Waals surface area contributed by atoms with Crippen LogP contribution in [0, 0.1) is 0 Å². The highest BCUT2D eigenvalue weighted by Crippen LogP contribution is 2.16. The molecular weight excluding hydrogens is 334 g/mol. The molecule has 0 radical (unpaired) electrons. The summed E-state index contributed by atoms with van der Waals surface area (Å²) in [5.74, 6) is -0.441. The highest BCUT2D eigenvalue weighted by atomic mass is 16.5. The first kappa shape index (κ1) is 18.7. The summed E-state index contributed by atoms with van der Waals surface area (Å²) in [5, 5.41) is 6.23. The van der Waals surface area contributed by atoms with Gasteiger partial charge in [0, 0.05) is 11.8 Å². The van der Waals surface area contributed by atoms with Crippen molar-refractivity contribution >= 4 is 23.7 Å². The molecule has 0 fully saturated rings. The van der Waals surface area contributed by atoms with Gasteiger partial charge in [0.2, 0.25) is 0 Å². The molecule has 0 saturated carbocycles. The molecule has 0 aliphatic heterocycles. The van der Waals surface area contributed by atoms with Gasteiger partial charge in [-0.2, -0.15) is 5.10 Å². The second-order valence-electron chi connectivity index (χ2n) is 5.05. The third-order valence-corrected chi connectivity index (χ3v) is 3.16. The number of carbonyl (C=O) groups excluding carboxylic acids is 2. The lowest BCUT2D eigenvalue weighted by Gasteiger charge is -2.06. The zero-order valence-electron chi connectivity index (χ0n) is 14.3. The number of methoxy groups -OCH3 is 1. The Kier molecular flexibility index (Phi) is 6.93. The summed E-state index contributed by atoms with van der Waals surface area (Å²) >= 11 is 0. The van der Waals surface area contributed by atoms with Crippen LogP contribution in [0.1, 0.15) is 5.56 Å². The van der Waals surface area contributed by atoms with Crippen molar-refractivity contribution < 1.29 is 19.1 Å². The summed E-state index contributed by atoms with van der Waals surface area (Å²) in [7, 11) is 1.51. The van der Waals surface area contributed by atoms with Crippen molar-refractivity contribution in [3.63, 3.8) is 0 Å². The van der Waals surface area contributed by atoms with Gasteiger partial charge >= 0.3 is 11.8 Å². The number of amides is 2. The molecule has 2 N–H and O–H groups in total. The van der Waals surface area contributed by atoms with Crippen LogP contribution in [-0.2, 0) is 9.59 Å². The highest BCUT2D eigenvalue weighted by molar-refractivity contribution is 6.39. The maximum absolute atomic E-state index is 11.8. The Bertz CT molecular complexity index is 801. The van der Waals surface area contributed by atoms with E-state index in [0.29, 0.717) is 23.8 Å². The number of nitrogens with one attached hydrogen (secondary N) is 2. The number of anilines is 1. The van der Waals surface area contributed by atoms with Gasteiger partial charge in [0.05, 0.1) is 13.3 Å².